The molecular formula is C31H26ClNO3S2. The third kappa shape index (κ3) is 7.84. The molecule has 0 aliphatic rings. The molecule has 0 aliphatic heterocycles. The van der Waals surface area contributed by atoms with E-state index < -0.39 is 0 Å². The molecule has 0 spiro atoms. The molecule has 0 aromatic heterocycles. The van der Waals surface area contributed by atoms with Crippen LogP contribution in [0.3, 0.4) is 0 Å². The molecule has 4 aromatic rings. The van der Waals surface area contributed by atoms with Crippen molar-refractivity contribution >= 4 is 52.4 Å². The number of Topliss-reactive ketones (excluding diaryl/α,β-unsaturated/α-hetero) is 1. The van der Waals surface area contributed by atoms with Crippen LogP contribution in [0.25, 0.3) is 0 Å². The number of carbonyl (C=O) groups excluding carboxylic acids is 2. The lowest BCUT2D eigenvalue weighted by molar-refractivity contribution is 0.103. The molecule has 4 rings (SSSR count). The Labute approximate surface area is 236 Å². The van der Waals surface area contributed by atoms with Crippen LogP contribution in [0.4, 0.5) is 0 Å². The molecule has 38 heavy (non-hydrogen) atoms. The van der Waals surface area contributed by atoms with Gasteiger partial charge in [-0.05, 0) is 79.7 Å². The van der Waals surface area contributed by atoms with Crippen LogP contribution < -0.4 is 0 Å². The molecule has 0 unspecified atom stereocenters. The van der Waals surface area contributed by atoms with E-state index in [0.29, 0.717) is 46.2 Å². The van der Waals surface area contributed by atoms with E-state index in [1.807, 2.05) is 110 Å². The number of halogens is 1. The number of benzene rings is 4. The first-order valence-corrected chi connectivity index (χ1v) is 14.3. The summed E-state index contributed by atoms with van der Waals surface area (Å²) in [4.78, 5) is 34.1. The van der Waals surface area contributed by atoms with Crippen molar-refractivity contribution in [3.63, 3.8) is 0 Å². The number of hydrogen-bond donors (Lipinski definition) is 0. The van der Waals surface area contributed by atoms with Gasteiger partial charge >= 0.3 is 0 Å². The van der Waals surface area contributed by atoms with E-state index in [1.165, 1.54) is 0 Å². The summed E-state index contributed by atoms with van der Waals surface area (Å²) in [6.07, 6.45) is 0.483. The highest BCUT2D eigenvalue weighted by Crippen LogP contribution is 2.29. The smallest absolute Gasteiger partial charge is 0.210 e. The molecule has 192 valence electrons. The Kier molecular flexibility index (Phi) is 10.2. The first-order valence-electron chi connectivity index (χ1n) is 12.1. The van der Waals surface area contributed by atoms with Crippen molar-refractivity contribution in [1.82, 2.24) is 0 Å². The van der Waals surface area contributed by atoms with E-state index in [2.05, 4.69) is 5.16 Å². The van der Waals surface area contributed by atoms with Crippen LogP contribution in [-0.2, 0) is 4.84 Å². The first kappa shape index (κ1) is 27.7. The molecule has 0 aliphatic carbocycles. The lowest BCUT2D eigenvalue weighted by Gasteiger charge is -2.08. The zero-order valence-corrected chi connectivity index (χ0v) is 23.2. The fourth-order valence-electron chi connectivity index (χ4n) is 3.55. The minimum Gasteiger partial charge on any atom is -0.396 e. The second-order valence-corrected chi connectivity index (χ2v) is 10.9. The largest absolute Gasteiger partial charge is 0.396 e. The van der Waals surface area contributed by atoms with Crippen molar-refractivity contribution < 1.29 is 14.4 Å². The van der Waals surface area contributed by atoms with Gasteiger partial charge in [-0.1, -0.05) is 58.9 Å². The number of rotatable bonds is 12. The molecule has 0 heterocycles. The molecule has 0 atom stereocenters. The van der Waals surface area contributed by atoms with E-state index in [4.69, 9.17) is 16.4 Å². The van der Waals surface area contributed by atoms with Gasteiger partial charge in [0.1, 0.15) is 12.3 Å². The number of thioether (sulfide) groups is 1. The molecular weight excluding hydrogens is 534 g/mol. The van der Waals surface area contributed by atoms with Gasteiger partial charge in [-0.15, -0.1) is 11.8 Å². The van der Waals surface area contributed by atoms with Crippen LogP contribution in [0.15, 0.2) is 123 Å². The predicted molar refractivity (Wildman–Crippen MR) is 157 cm³/mol. The number of ketones is 2. The highest BCUT2D eigenvalue weighted by Gasteiger charge is 2.16. The summed E-state index contributed by atoms with van der Waals surface area (Å²) in [7, 11) is 0. The number of carbonyl (C=O) groups is 2. The zero-order valence-electron chi connectivity index (χ0n) is 20.8. The summed E-state index contributed by atoms with van der Waals surface area (Å²) >= 11 is 9.16. The normalized spacial score (nSPS) is 11.3. The minimum absolute atomic E-state index is 0.00102. The average Bonchev–Trinajstić information content (AvgIpc) is 2.96. The lowest BCUT2D eigenvalue weighted by Crippen LogP contribution is -2.16. The van der Waals surface area contributed by atoms with Crippen LogP contribution in [0.5, 0.6) is 0 Å². The second kappa shape index (κ2) is 14.0. The SMILES string of the molecule is CCO/N=C(\CCSc1ccc(Cl)cc1)C(=O)c1ccc(Sc2ccc(C(=O)c3ccccc3)cc2)cc1. The van der Waals surface area contributed by atoms with Crippen LogP contribution in [0, 0.1) is 0 Å². The van der Waals surface area contributed by atoms with Gasteiger partial charge in [0.25, 0.3) is 0 Å². The highest BCUT2D eigenvalue weighted by atomic mass is 35.5. The van der Waals surface area contributed by atoms with Gasteiger partial charge in [0, 0.05) is 48.6 Å². The van der Waals surface area contributed by atoms with Crippen molar-refractivity contribution in [3.8, 4) is 0 Å². The minimum atomic E-state index is -0.143. The fraction of sp³-hybridized carbons (Fsp3) is 0.129. The maximum atomic E-state index is 13.1. The Morgan fingerprint density at radius 3 is 1.89 bits per heavy atom. The maximum absolute atomic E-state index is 13.1. The molecule has 7 heteroatoms. The summed E-state index contributed by atoms with van der Waals surface area (Å²) in [5, 5.41) is 4.79. The molecule has 0 radical (unpaired) electrons. The molecule has 0 saturated carbocycles. The molecule has 4 nitrogen and oxygen atoms in total. The quantitative estimate of drug-likeness (QED) is 0.0753. The van der Waals surface area contributed by atoms with Gasteiger partial charge in [0.15, 0.2) is 5.78 Å². The van der Waals surface area contributed by atoms with Crippen molar-refractivity contribution in [2.24, 2.45) is 5.16 Å². The summed E-state index contributed by atoms with van der Waals surface area (Å²) in [5.41, 5.74) is 2.28. The number of oxime groups is 1. The van der Waals surface area contributed by atoms with Crippen molar-refractivity contribution in [1.29, 1.82) is 0 Å². The molecule has 0 N–H and O–H groups in total. The third-order valence-corrected chi connectivity index (χ3v) is 7.77. The standard InChI is InChI=1S/C31H26ClNO3S2/c1-2-36-33-29(20-21-37-26-18-12-25(32)13-19-26)31(35)24-10-16-28(17-11-24)38-27-14-8-23(9-15-27)30(34)22-6-4-3-5-7-22/h3-19H,2,20-21H2,1H3/b33-29+. The van der Waals surface area contributed by atoms with Crippen molar-refractivity contribution in [2.45, 2.75) is 28.0 Å². The van der Waals surface area contributed by atoms with Crippen LogP contribution >= 0.6 is 35.1 Å². The Bertz CT molecular complexity index is 1390. The summed E-state index contributed by atoms with van der Waals surface area (Å²) in [5.74, 6) is 0.548. The van der Waals surface area contributed by atoms with Gasteiger partial charge in [-0.2, -0.15) is 0 Å². The fourth-order valence-corrected chi connectivity index (χ4v) is 5.35. The van der Waals surface area contributed by atoms with E-state index in [9.17, 15) is 9.59 Å². The Hall–Kier alpha value is -3.32. The van der Waals surface area contributed by atoms with Crippen molar-refractivity contribution in [3.05, 3.63) is 125 Å². The Morgan fingerprint density at radius 2 is 1.29 bits per heavy atom. The number of hydrogen-bond acceptors (Lipinski definition) is 6. The first-order chi connectivity index (χ1) is 18.5. The Morgan fingerprint density at radius 1 is 0.737 bits per heavy atom. The van der Waals surface area contributed by atoms with Crippen LogP contribution in [0.2, 0.25) is 5.02 Å². The Balaban J connectivity index is 1.36. The molecule has 4 aromatic carbocycles. The third-order valence-electron chi connectivity index (χ3n) is 5.49. The van der Waals surface area contributed by atoms with Gasteiger partial charge < -0.3 is 4.84 Å². The zero-order chi connectivity index (χ0) is 26.7. The van der Waals surface area contributed by atoms with E-state index in [-0.39, 0.29) is 11.6 Å². The maximum Gasteiger partial charge on any atom is 0.210 e. The molecule has 0 bridgehead atoms. The summed E-state index contributed by atoms with van der Waals surface area (Å²) in [6, 6.07) is 31.9. The van der Waals surface area contributed by atoms with Gasteiger partial charge in [-0.3, -0.25) is 9.59 Å². The van der Waals surface area contributed by atoms with Gasteiger partial charge in [0.2, 0.25) is 5.78 Å². The van der Waals surface area contributed by atoms with E-state index in [1.54, 1.807) is 23.5 Å². The lowest BCUT2D eigenvalue weighted by atomic mass is 10.0. The van der Waals surface area contributed by atoms with E-state index in [0.717, 1.165) is 14.7 Å². The summed E-state index contributed by atoms with van der Waals surface area (Å²) in [6.45, 7) is 2.23. The van der Waals surface area contributed by atoms with Crippen LogP contribution in [-0.4, -0.2) is 29.6 Å². The number of nitrogens with zero attached hydrogens (tertiary/aromatic N) is 1. The molecule has 0 saturated heterocycles. The monoisotopic (exact) mass is 559 g/mol. The summed E-state index contributed by atoms with van der Waals surface area (Å²) < 4.78 is 0. The second-order valence-electron chi connectivity index (χ2n) is 8.18. The van der Waals surface area contributed by atoms with Gasteiger partial charge in [0.05, 0.1) is 0 Å². The molecule has 0 fully saturated rings. The van der Waals surface area contributed by atoms with Crippen LogP contribution in [0.1, 0.15) is 39.6 Å². The average molecular weight is 560 g/mol. The molecule has 0 amide bonds. The predicted octanol–water partition coefficient (Wildman–Crippen LogP) is 8.48. The van der Waals surface area contributed by atoms with E-state index >= 15 is 0 Å². The topological polar surface area (TPSA) is 55.7 Å². The van der Waals surface area contributed by atoms with Crippen molar-refractivity contribution in [2.75, 3.05) is 12.4 Å². The highest BCUT2D eigenvalue weighted by molar-refractivity contribution is 7.99. The van der Waals surface area contributed by atoms with Gasteiger partial charge in [-0.25, -0.2) is 0 Å².